The van der Waals surface area contributed by atoms with E-state index in [2.05, 4.69) is 31.1 Å². The number of hydrogen-bond acceptors (Lipinski definition) is 4. The molecule has 7 nitrogen and oxygen atoms in total. The van der Waals surface area contributed by atoms with Gasteiger partial charge in [-0.1, -0.05) is 56.3 Å². The number of furan rings is 1. The van der Waals surface area contributed by atoms with Crippen LogP contribution in [0.1, 0.15) is 67.0 Å². The van der Waals surface area contributed by atoms with Gasteiger partial charge in [0.2, 0.25) is 5.76 Å². The molecule has 5 aromatic rings. The number of carboxylic acids is 1. The fraction of sp³-hybridized carbons (Fsp3) is 0.219. The van der Waals surface area contributed by atoms with Crippen LogP contribution in [0, 0.1) is 0 Å². The van der Waals surface area contributed by atoms with Crippen molar-refractivity contribution >= 4 is 28.5 Å². The van der Waals surface area contributed by atoms with Crippen molar-refractivity contribution in [3.63, 3.8) is 0 Å². The van der Waals surface area contributed by atoms with Gasteiger partial charge in [-0.15, -0.1) is 0 Å². The molecule has 0 unspecified atom stereocenters. The molecule has 1 N–H and O–H groups in total. The summed E-state index contributed by atoms with van der Waals surface area (Å²) in [5.74, 6) is -1.16. The minimum atomic E-state index is -1.17. The second-order valence-electron chi connectivity index (χ2n) is 10.9. The highest BCUT2D eigenvalue weighted by atomic mass is 16.4. The van der Waals surface area contributed by atoms with Gasteiger partial charge < -0.3 is 9.52 Å². The van der Waals surface area contributed by atoms with Gasteiger partial charge in [-0.3, -0.25) is 9.69 Å². The Hall–Kier alpha value is -4.65. The van der Waals surface area contributed by atoms with Crippen LogP contribution in [0.3, 0.4) is 0 Å². The molecule has 5 rings (SSSR count). The zero-order valence-corrected chi connectivity index (χ0v) is 22.7. The second kappa shape index (κ2) is 9.91. The van der Waals surface area contributed by atoms with E-state index in [1.807, 2.05) is 69.4 Å². The van der Waals surface area contributed by atoms with Crippen LogP contribution in [-0.4, -0.2) is 32.3 Å². The van der Waals surface area contributed by atoms with Crippen molar-refractivity contribution in [1.82, 2.24) is 9.78 Å². The standard InChI is InChI=1S/C32H31N3O4/c1-20(2)21-11-14-25(15-12-21)34-19-24(18-33-34)26-16-13-23-17-27(31(37)38)39-29(23)28(26)35(32(3,4)5)30(36)22-9-7-6-8-10-22/h6-20H,1-5H3,(H,37,38). The summed E-state index contributed by atoms with van der Waals surface area (Å²) in [6.45, 7) is 10.1. The lowest BCUT2D eigenvalue weighted by atomic mass is 9.97. The largest absolute Gasteiger partial charge is 0.475 e. The first-order chi connectivity index (χ1) is 18.5. The van der Waals surface area contributed by atoms with Crippen molar-refractivity contribution in [2.24, 2.45) is 0 Å². The van der Waals surface area contributed by atoms with Crippen LogP contribution in [0.15, 0.2) is 89.6 Å². The number of fused-ring (bicyclic) bond motifs is 1. The normalized spacial score (nSPS) is 11.7. The van der Waals surface area contributed by atoms with Gasteiger partial charge in [-0.25, -0.2) is 9.48 Å². The van der Waals surface area contributed by atoms with Gasteiger partial charge in [0, 0.05) is 33.8 Å². The van der Waals surface area contributed by atoms with Crippen LogP contribution in [0.5, 0.6) is 0 Å². The Morgan fingerprint density at radius 3 is 2.28 bits per heavy atom. The summed E-state index contributed by atoms with van der Waals surface area (Å²) in [4.78, 5) is 27.5. The van der Waals surface area contributed by atoms with Crippen LogP contribution >= 0.6 is 0 Å². The van der Waals surface area contributed by atoms with Gasteiger partial charge in [-0.2, -0.15) is 5.10 Å². The predicted octanol–water partition coefficient (Wildman–Crippen LogP) is 7.55. The lowest BCUT2D eigenvalue weighted by Gasteiger charge is -2.37. The van der Waals surface area contributed by atoms with Crippen LogP contribution in [0.2, 0.25) is 0 Å². The third-order valence-electron chi connectivity index (χ3n) is 6.71. The minimum Gasteiger partial charge on any atom is -0.475 e. The Morgan fingerprint density at radius 1 is 0.974 bits per heavy atom. The molecule has 7 heteroatoms. The number of carbonyl (C=O) groups is 2. The summed E-state index contributed by atoms with van der Waals surface area (Å²) >= 11 is 0. The van der Waals surface area contributed by atoms with Crippen molar-refractivity contribution in [3.8, 4) is 16.8 Å². The van der Waals surface area contributed by atoms with E-state index in [4.69, 9.17) is 4.42 Å². The molecule has 198 valence electrons. The Morgan fingerprint density at radius 2 is 1.67 bits per heavy atom. The maximum atomic E-state index is 14.0. The van der Waals surface area contributed by atoms with Crippen molar-refractivity contribution in [1.29, 1.82) is 0 Å². The number of nitrogens with zero attached hydrogens (tertiary/aromatic N) is 3. The summed E-state index contributed by atoms with van der Waals surface area (Å²) in [7, 11) is 0. The average molecular weight is 522 g/mol. The molecule has 0 atom stereocenters. The van der Waals surface area contributed by atoms with Crippen molar-refractivity contribution in [2.75, 3.05) is 4.90 Å². The Kier molecular flexibility index (Phi) is 6.60. The summed E-state index contributed by atoms with van der Waals surface area (Å²) in [5.41, 5.74) is 4.30. The van der Waals surface area contributed by atoms with E-state index < -0.39 is 11.5 Å². The molecule has 2 aromatic heterocycles. The topological polar surface area (TPSA) is 88.6 Å². The molecule has 0 fully saturated rings. The van der Waals surface area contributed by atoms with Crippen LogP contribution in [0.4, 0.5) is 5.69 Å². The number of amides is 1. The first-order valence-corrected chi connectivity index (χ1v) is 12.9. The fourth-order valence-corrected chi connectivity index (χ4v) is 4.72. The molecule has 0 spiro atoms. The molecule has 3 aromatic carbocycles. The smallest absolute Gasteiger partial charge is 0.371 e. The average Bonchev–Trinajstić information content (AvgIpc) is 3.57. The molecule has 2 heterocycles. The lowest BCUT2D eigenvalue weighted by Crippen LogP contribution is -2.46. The van der Waals surface area contributed by atoms with Gasteiger partial charge in [0.25, 0.3) is 5.91 Å². The summed E-state index contributed by atoms with van der Waals surface area (Å²) in [6.07, 6.45) is 3.65. The zero-order chi connectivity index (χ0) is 27.9. The third-order valence-corrected chi connectivity index (χ3v) is 6.71. The number of aromatic nitrogens is 2. The molecule has 0 aliphatic heterocycles. The van der Waals surface area contributed by atoms with E-state index in [9.17, 15) is 14.7 Å². The van der Waals surface area contributed by atoms with E-state index in [1.165, 1.54) is 11.6 Å². The van der Waals surface area contributed by atoms with Gasteiger partial charge in [0.15, 0.2) is 5.58 Å². The molecular weight excluding hydrogens is 490 g/mol. The van der Waals surface area contributed by atoms with Crippen LogP contribution in [-0.2, 0) is 0 Å². The quantitative estimate of drug-likeness (QED) is 0.249. The Balaban J connectivity index is 1.71. The van der Waals surface area contributed by atoms with E-state index in [0.717, 1.165) is 11.3 Å². The maximum Gasteiger partial charge on any atom is 0.371 e. The molecule has 0 radical (unpaired) electrons. The number of carboxylic acid groups (broad SMARTS) is 1. The molecular formula is C32H31N3O4. The van der Waals surface area contributed by atoms with E-state index in [-0.39, 0.29) is 11.7 Å². The molecule has 0 bridgehead atoms. The monoisotopic (exact) mass is 521 g/mol. The van der Waals surface area contributed by atoms with Crippen LogP contribution in [0.25, 0.3) is 27.8 Å². The first-order valence-electron chi connectivity index (χ1n) is 12.9. The van der Waals surface area contributed by atoms with Crippen molar-refractivity contribution in [3.05, 3.63) is 102 Å². The highest BCUT2D eigenvalue weighted by Crippen LogP contribution is 2.42. The molecule has 0 saturated carbocycles. The Labute approximate surface area is 227 Å². The number of hydrogen-bond donors (Lipinski definition) is 1. The van der Waals surface area contributed by atoms with E-state index >= 15 is 0 Å². The SMILES string of the molecule is CC(C)c1ccc(-n2cc(-c3ccc4cc(C(=O)O)oc4c3N(C(=O)c3ccccc3)C(C)(C)C)cn2)cc1. The second-order valence-corrected chi connectivity index (χ2v) is 10.9. The Bertz CT molecular complexity index is 1660. The number of anilines is 1. The molecule has 0 aliphatic carbocycles. The number of aromatic carboxylic acids is 1. The summed E-state index contributed by atoms with van der Waals surface area (Å²) in [6, 6.07) is 22.5. The van der Waals surface area contributed by atoms with E-state index in [1.54, 1.807) is 27.9 Å². The van der Waals surface area contributed by atoms with Gasteiger partial charge in [-0.05, 0) is 62.6 Å². The van der Waals surface area contributed by atoms with Crippen molar-refractivity contribution < 1.29 is 19.1 Å². The molecule has 0 saturated heterocycles. The number of rotatable bonds is 6. The van der Waals surface area contributed by atoms with Gasteiger partial charge >= 0.3 is 5.97 Å². The predicted molar refractivity (Wildman–Crippen MR) is 153 cm³/mol. The molecule has 1 amide bonds. The third kappa shape index (κ3) is 4.95. The highest BCUT2D eigenvalue weighted by molar-refractivity contribution is 6.14. The lowest BCUT2D eigenvalue weighted by molar-refractivity contribution is 0.0665. The first kappa shape index (κ1) is 26.0. The van der Waals surface area contributed by atoms with Crippen LogP contribution < -0.4 is 4.90 Å². The highest BCUT2D eigenvalue weighted by Gasteiger charge is 2.34. The maximum absolute atomic E-state index is 14.0. The minimum absolute atomic E-state index is 0.189. The van der Waals surface area contributed by atoms with Gasteiger partial charge in [0.05, 0.1) is 17.6 Å². The number of carbonyl (C=O) groups excluding carboxylic acids is 1. The molecule has 39 heavy (non-hydrogen) atoms. The number of benzene rings is 3. The van der Waals surface area contributed by atoms with Gasteiger partial charge in [0.1, 0.15) is 0 Å². The summed E-state index contributed by atoms with van der Waals surface area (Å²) < 4.78 is 7.68. The van der Waals surface area contributed by atoms with E-state index in [0.29, 0.717) is 33.7 Å². The molecule has 0 aliphatic rings. The summed E-state index contributed by atoms with van der Waals surface area (Å²) in [5, 5.41) is 14.8. The zero-order valence-electron chi connectivity index (χ0n) is 22.7. The van der Waals surface area contributed by atoms with Crippen molar-refractivity contribution in [2.45, 2.75) is 46.1 Å². The fourth-order valence-electron chi connectivity index (χ4n) is 4.72.